The number of pyridine rings is 1. The van der Waals surface area contributed by atoms with Crippen LogP contribution >= 0.6 is 0 Å². The summed E-state index contributed by atoms with van der Waals surface area (Å²) in [6.45, 7) is 8.02. The average molecular weight is 121 g/mol. The fourth-order valence-corrected chi connectivity index (χ4v) is 0.448. The van der Waals surface area contributed by atoms with Gasteiger partial charge in [0.2, 0.25) is 0 Å². The minimum absolute atomic E-state index is 1.21. The maximum absolute atomic E-state index is 3.88. The highest BCUT2D eigenvalue weighted by molar-refractivity contribution is 5.04. The summed E-state index contributed by atoms with van der Waals surface area (Å²) in [5.74, 6) is 0. The third-order valence-corrected chi connectivity index (χ3v) is 0.809. The summed E-state index contributed by atoms with van der Waals surface area (Å²) in [4.78, 5) is 3.88. The van der Waals surface area contributed by atoms with Crippen LogP contribution in [-0.4, -0.2) is 4.98 Å². The molecule has 0 aliphatic carbocycles. The normalized spacial score (nSPS) is 7.22. The van der Waals surface area contributed by atoms with Gasteiger partial charge in [0.1, 0.15) is 0 Å². The van der Waals surface area contributed by atoms with Crippen molar-refractivity contribution in [3.05, 3.63) is 43.2 Å². The first kappa shape index (κ1) is 7.89. The summed E-state index contributed by atoms with van der Waals surface area (Å²) in [6, 6.07) is 3.95. The van der Waals surface area contributed by atoms with Gasteiger partial charge in [0.25, 0.3) is 0 Å². The third-order valence-electron chi connectivity index (χ3n) is 0.809. The minimum atomic E-state index is 1.21. The highest BCUT2D eigenvalue weighted by Gasteiger charge is 1.73. The number of hydrogen-bond donors (Lipinski definition) is 0. The highest BCUT2D eigenvalue weighted by Crippen LogP contribution is 1.88. The predicted molar refractivity (Wildman–Crippen MR) is 40.2 cm³/mol. The second kappa shape index (κ2) is 5.04. The zero-order chi connectivity index (χ0) is 7.11. The third kappa shape index (κ3) is 3.47. The van der Waals surface area contributed by atoms with E-state index in [1.807, 2.05) is 25.3 Å². The molecule has 0 saturated heterocycles. The summed E-state index contributed by atoms with van der Waals surface area (Å²) in [5.41, 5.74) is 1.21. The van der Waals surface area contributed by atoms with Crippen LogP contribution in [0.1, 0.15) is 5.56 Å². The summed E-state index contributed by atoms with van der Waals surface area (Å²) in [7, 11) is 0. The molecule has 1 nitrogen and oxygen atoms in total. The van der Waals surface area contributed by atoms with E-state index in [0.29, 0.717) is 0 Å². The molecule has 1 heteroatoms. The van der Waals surface area contributed by atoms with Crippen molar-refractivity contribution in [3.63, 3.8) is 0 Å². The van der Waals surface area contributed by atoms with E-state index in [9.17, 15) is 0 Å². The van der Waals surface area contributed by atoms with Crippen LogP contribution in [0, 0.1) is 6.92 Å². The topological polar surface area (TPSA) is 12.9 Å². The maximum Gasteiger partial charge on any atom is 0.0297 e. The minimum Gasteiger partial charge on any atom is -0.264 e. The summed E-state index contributed by atoms with van der Waals surface area (Å²) in [5, 5.41) is 0. The molecule has 0 radical (unpaired) electrons. The van der Waals surface area contributed by atoms with Crippen molar-refractivity contribution in [3.8, 4) is 0 Å². The van der Waals surface area contributed by atoms with E-state index < -0.39 is 0 Å². The van der Waals surface area contributed by atoms with Crippen molar-refractivity contribution in [2.75, 3.05) is 0 Å². The lowest BCUT2D eigenvalue weighted by Gasteiger charge is -1.82. The molecule has 1 heterocycles. The molecule has 9 heavy (non-hydrogen) atoms. The van der Waals surface area contributed by atoms with Crippen LogP contribution in [-0.2, 0) is 0 Å². The van der Waals surface area contributed by atoms with Gasteiger partial charge < -0.3 is 0 Å². The lowest BCUT2D eigenvalue weighted by Crippen LogP contribution is -1.69. The molecular formula is C8H11N. The van der Waals surface area contributed by atoms with Gasteiger partial charge >= 0.3 is 0 Å². The molecule has 0 atom stereocenters. The van der Waals surface area contributed by atoms with Crippen LogP contribution in [0.15, 0.2) is 37.7 Å². The number of aryl methyl sites for hydroxylation is 1. The number of aromatic nitrogens is 1. The highest BCUT2D eigenvalue weighted by atomic mass is 14.6. The van der Waals surface area contributed by atoms with Crippen LogP contribution in [0.2, 0.25) is 0 Å². The van der Waals surface area contributed by atoms with Gasteiger partial charge in [0.05, 0.1) is 0 Å². The lowest BCUT2D eigenvalue weighted by atomic mass is 10.3. The monoisotopic (exact) mass is 121 g/mol. The molecule has 0 saturated carbocycles. The molecule has 0 unspecified atom stereocenters. The Morgan fingerprint density at radius 2 is 2.11 bits per heavy atom. The fraction of sp³-hybridized carbons (Fsp3) is 0.125. The first-order chi connectivity index (χ1) is 4.39. The van der Waals surface area contributed by atoms with Gasteiger partial charge in [0.15, 0.2) is 0 Å². The summed E-state index contributed by atoms with van der Waals surface area (Å²) < 4.78 is 0. The van der Waals surface area contributed by atoms with Crippen LogP contribution < -0.4 is 0 Å². The van der Waals surface area contributed by atoms with Crippen molar-refractivity contribution >= 4 is 0 Å². The lowest BCUT2D eigenvalue weighted by molar-refractivity contribution is 1.27. The zero-order valence-electron chi connectivity index (χ0n) is 5.67. The van der Waals surface area contributed by atoms with Crippen LogP contribution in [0.4, 0.5) is 0 Å². The Hall–Kier alpha value is -1.11. The molecule has 0 amide bonds. The van der Waals surface area contributed by atoms with E-state index in [1.54, 1.807) is 6.20 Å². The van der Waals surface area contributed by atoms with E-state index in [0.717, 1.165) is 0 Å². The molecule has 1 rings (SSSR count). The van der Waals surface area contributed by atoms with Crippen molar-refractivity contribution in [1.29, 1.82) is 0 Å². The second-order valence-electron chi connectivity index (χ2n) is 1.53. The number of rotatable bonds is 0. The van der Waals surface area contributed by atoms with E-state index in [-0.39, 0.29) is 0 Å². The molecule has 1 aromatic heterocycles. The van der Waals surface area contributed by atoms with Gasteiger partial charge in [-0.25, -0.2) is 0 Å². The first-order valence-corrected chi connectivity index (χ1v) is 2.76. The molecule has 0 aliphatic rings. The van der Waals surface area contributed by atoms with Gasteiger partial charge in [-0.05, 0) is 18.6 Å². The molecular weight excluding hydrogens is 110 g/mol. The number of nitrogens with zero attached hydrogens (tertiary/aromatic N) is 1. The van der Waals surface area contributed by atoms with Crippen molar-refractivity contribution in [2.24, 2.45) is 0 Å². The molecule has 0 spiro atoms. The van der Waals surface area contributed by atoms with E-state index in [1.165, 1.54) is 5.56 Å². The van der Waals surface area contributed by atoms with E-state index in [4.69, 9.17) is 0 Å². The van der Waals surface area contributed by atoms with Crippen molar-refractivity contribution in [1.82, 2.24) is 4.98 Å². The van der Waals surface area contributed by atoms with Crippen molar-refractivity contribution in [2.45, 2.75) is 6.92 Å². The van der Waals surface area contributed by atoms with Crippen LogP contribution in [0.5, 0.6) is 0 Å². The van der Waals surface area contributed by atoms with Crippen molar-refractivity contribution < 1.29 is 0 Å². The van der Waals surface area contributed by atoms with Gasteiger partial charge in [-0.3, -0.25) is 4.98 Å². The Morgan fingerprint density at radius 3 is 2.33 bits per heavy atom. The Morgan fingerprint density at radius 1 is 1.44 bits per heavy atom. The Kier molecular flexibility index (Phi) is 4.41. The molecule has 0 bridgehead atoms. The quantitative estimate of drug-likeness (QED) is 0.479. The van der Waals surface area contributed by atoms with Gasteiger partial charge in [0, 0.05) is 12.4 Å². The average Bonchev–Trinajstić information content (AvgIpc) is 1.94. The van der Waals surface area contributed by atoms with E-state index >= 15 is 0 Å². The van der Waals surface area contributed by atoms with Gasteiger partial charge in [-0.15, -0.1) is 13.2 Å². The summed E-state index contributed by atoms with van der Waals surface area (Å²) in [6.07, 6.45) is 3.60. The number of hydrogen-bond acceptors (Lipinski definition) is 1. The molecule has 0 aromatic carbocycles. The van der Waals surface area contributed by atoms with E-state index in [2.05, 4.69) is 18.1 Å². The van der Waals surface area contributed by atoms with Crippen LogP contribution in [0.3, 0.4) is 0 Å². The predicted octanol–water partition coefficient (Wildman–Crippen LogP) is 2.19. The summed E-state index contributed by atoms with van der Waals surface area (Å²) >= 11 is 0. The Balaban J connectivity index is 0.000000291. The molecule has 48 valence electrons. The second-order valence-corrected chi connectivity index (χ2v) is 1.53. The smallest absolute Gasteiger partial charge is 0.0297 e. The molecule has 1 aromatic rings. The van der Waals surface area contributed by atoms with Gasteiger partial charge in [-0.2, -0.15) is 0 Å². The van der Waals surface area contributed by atoms with Gasteiger partial charge in [-0.1, -0.05) is 6.07 Å². The zero-order valence-corrected chi connectivity index (χ0v) is 5.67. The molecule has 0 fully saturated rings. The molecule has 0 aliphatic heterocycles. The fourth-order valence-electron chi connectivity index (χ4n) is 0.448. The maximum atomic E-state index is 3.88. The SMILES string of the molecule is C=C.Cc1cccnc1. The molecule has 0 N–H and O–H groups in total. The van der Waals surface area contributed by atoms with Crippen LogP contribution in [0.25, 0.3) is 0 Å². The Labute approximate surface area is 56.1 Å². The largest absolute Gasteiger partial charge is 0.264 e. The standard InChI is InChI=1S/C6H7N.C2H4/c1-6-3-2-4-7-5-6;1-2/h2-5H,1H3;1-2H2. The Bertz CT molecular complexity index is 146. The first-order valence-electron chi connectivity index (χ1n) is 2.76.